The molecule has 0 saturated heterocycles. The summed E-state index contributed by atoms with van der Waals surface area (Å²) in [6.07, 6.45) is 1.90. The first-order valence-electron chi connectivity index (χ1n) is 11.4. The van der Waals surface area contributed by atoms with Crippen LogP contribution >= 0.6 is 11.8 Å². The van der Waals surface area contributed by atoms with Crippen LogP contribution in [-0.4, -0.2) is 45.7 Å². The Labute approximate surface area is 210 Å². The van der Waals surface area contributed by atoms with Gasteiger partial charge in [-0.3, -0.25) is 9.59 Å². The Balaban J connectivity index is 2.06. The van der Waals surface area contributed by atoms with Crippen molar-refractivity contribution in [3.05, 3.63) is 42.0 Å². The Kier molecular flexibility index (Phi) is 7.71. The molecule has 2 aromatic carbocycles. The molecule has 0 atom stereocenters. The Morgan fingerprint density at radius 3 is 2.34 bits per heavy atom. The highest BCUT2D eigenvalue weighted by Gasteiger charge is 2.21. The number of thioether (sulfide) groups is 1. The van der Waals surface area contributed by atoms with Crippen molar-refractivity contribution < 1.29 is 9.59 Å². The van der Waals surface area contributed by atoms with E-state index in [0.717, 1.165) is 5.56 Å². The molecule has 9 heteroatoms. The second kappa shape index (κ2) is 10.2. The summed E-state index contributed by atoms with van der Waals surface area (Å²) in [7, 11) is 0. The Morgan fingerprint density at radius 1 is 1.00 bits per heavy atom. The molecule has 0 aliphatic heterocycles. The number of benzene rings is 2. The fourth-order valence-corrected chi connectivity index (χ4v) is 3.80. The lowest BCUT2D eigenvalue weighted by atomic mass is 10.0. The van der Waals surface area contributed by atoms with E-state index in [4.69, 9.17) is 10.7 Å². The summed E-state index contributed by atoms with van der Waals surface area (Å²) < 4.78 is 0. The van der Waals surface area contributed by atoms with Crippen LogP contribution in [0.2, 0.25) is 0 Å². The molecule has 5 N–H and O–H groups in total. The smallest absolute Gasteiger partial charge is 0.253 e. The van der Waals surface area contributed by atoms with Crippen molar-refractivity contribution in [3.63, 3.8) is 0 Å². The maximum Gasteiger partial charge on any atom is 0.253 e. The standard InChI is InChI=1S/C26H34N6O2S/c1-25(2,3)28-14-19(33)29-16-10-8-9-15(13-16)22-20-18(30-24(31-22)35-7)12-11-17(21(20)27)23(34)32-26(4,5)6/h8-13,28H,14,27H2,1-7H3,(H,29,33)(H,32,34). The Morgan fingerprint density at radius 2 is 1.71 bits per heavy atom. The number of amides is 2. The van der Waals surface area contributed by atoms with Gasteiger partial charge in [0.25, 0.3) is 5.91 Å². The first kappa shape index (κ1) is 26.4. The Hall–Kier alpha value is -3.17. The van der Waals surface area contributed by atoms with Gasteiger partial charge in [-0.1, -0.05) is 23.9 Å². The molecule has 0 fully saturated rings. The number of aromatic nitrogens is 2. The summed E-state index contributed by atoms with van der Waals surface area (Å²) in [4.78, 5) is 34.7. The summed E-state index contributed by atoms with van der Waals surface area (Å²) in [5.41, 5.74) is 9.30. The van der Waals surface area contributed by atoms with Gasteiger partial charge in [0.1, 0.15) is 0 Å². The molecular formula is C26H34N6O2S. The third kappa shape index (κ3) is 6.93. The summed E-state index contributed by atoms with van der Waals surface area (Å²) in [5, 5.41) is 10.2. The zero-order chi connectivity index (χ0) is 26.0. The molecule has 3 aromatic rings. The SMILES string of the molecule is CSc1nc(-c2cccc(NC(=O)CNC(C)(C)C)c2)c2c(N)c(C(=O)NC(C)(C)C)ccc2n1. The summed E-state index contributed by atoms with van der Waals surface area (Å²) in [6, 6.07) is 10.9. The van der Waals surface area contributed by atoms with Crippen LogP contribution < -0.4 is 21.7 Å². The average Bonchev–Trinajstić information content (AvgIpc) is 2.75. The quantitative estimate of drug-likeness (QED) is 0.227. The minimum absolute atomic E-state index is 0.143. The first-order valence-corrected chi connectivity index (χ1v) is 12.6. The topological polar surface area (TPSA) is 122 Å². The van der Waals surface area contributed by atoms with Crippen molar-refractivity contribution in [1.29, 1.82) is 0 Å². The number of carbonyl (C=O) groups is 2. The molecule has 0 saturated carbocycles. The van der Waals surface area contributed by atoms with Gasteiger partial charge in [-0.25, -0.2) is 9.97 Å². The van der Waals surface area contributed by atoms with Gasteiger partial charge < -0.3 is 21.7 Å². The molecule has 2 amide bonds. The number of fused-ring (bicyclic) bond motifs is 1. The van der Waals surface area contributed by atoms with Gasteiger partial charge in [-0.05, 0) is 72.1 Å². The minimum atomic E-state index is -0.408. The van der Waals surface area contributed by atoms with Crippen molar-refractivity contribution in [2.24, 2.45) is 0 Å². The van der Waals surface area contributed by atoms with E-state index in [2.05, 4.69) is 20.9 Å². The molecule has 0 bridgehead atoms. The van der Waals surface area contributed by atoms with Gasteiger partial charge >= 0.3 is 0 Å². The van der Waals surface area contributed by atoms with Gasteiger partial charge in [0, 0.05) is 22.3 Å². The molecule has 186 valence electrons. The van der Waals surface area contributed by atoms with Crippen LogP contribution in [0.25, 0.3) is 22.2 Å². The molecule has 1 aromatic heterocycles. The van der Waals surface area contributed by atoms with Gasteiger partial charge in [-0.15, -0.1) is 0 Å². The van der Waals surface area contributed by atoms with E-state index in [-0.39, 0.29) is 23.9 Å². The zero-order valence-corrected chi connectivity index (χ0v) is 22.2. The van der Waals surface area contributed by atoms with Gasteiger partial charge in [-0.2, -0.15) is 0 Å². The number of hydrogen-bond acceptors (Lipinski definition) is 7. The monoisotopic (exact) mass is 494 g/mol. The third-order valence-electron chi connectivity index (χ3n) is 5.00. The van der Waals surface area contributed by atoms with E-state index in [0.29, 0.717) is 38.7 Å². The number of anilines is 2. The van der Waals surface area contributed by atoms with Crippen molar-refractivity contribution >= 4 is 45.9 Å². The highest BCUT2D eigenvalue weighted by Crippen LogP contribution is 2.35. The molecule has 1 heterocycles. The van der Waals surface area contributed by atoms with E-state index in [9.17, 15) is 9.59 Å². The lowest BCUT2D eigenvalue weighted by Crippen LogP contribution is -2.41. The Bertz CT molecular complexity index is 1260. The molecule has 0 spiro atoms. The van der Waals surface area contributed by atoms with Crippen LogP contribution in [-0.2, 0) is 4.79 Å². The summed E-state index contributed by atoms with van der Waals surface area (Å²) >= 11 is 1.42. The van der Waals surface area contributed by atoms with Gasteiger partial charge in [0.15, 0.2) is 5.16 Å². The van der Waals surface area contributed by atoms with E-state index >= 15 is 0 Å². The predicted molar refractivity (Wildman–Crippen MR) is 145 cm³/mol. The first-order chi connectivity index (χ1) is 16.3. The largest absolute Gasteiger partial charge is 0.397 e. The van der Waals surface area contributed by atoms with Crippen LogP contribution in [0, 0.1) is 0 Å². The van der Waals surface area contributed by atoms with Crippen molar-refractivity contribution in [2.45, 2.75) is 57.8 Å². The number of nitrogen functional groups attached to an aromatic ring is 1. The van der Waals surface area contributed by atoms with Crippen molar-refractivity contribution in [3.8, 4) is 11.3 Å². The van der Waals surface area contributed by atoms with E-state index in [1.807, 2.05) is 72.1 Å². The second-order valence-corrected chi connectivity index (χ2v) is 11.2. The maximum atomic E-state index is 12.9. The van der Waals surface area contributed by atoms with Crippen LogP contribution in [0.1, 0.15) is 51.9 Å². The van der Waals surface area contributed by atoms with Crippen LogP contribution in [0.3, 0.4) is 0 Å². The molecule has 3 rings (SSSR count). The van der Waals surface area contributed by atoms with Crippen LogP contribution in [0.5, 0.6) is 0 Å². The lowest BCUT2D eigenvalue weighted by Gasteiger charge is -2.21. The summed E-state index contributed by atoms with van der Waals surface area (Å²) in [6.45, 7) is 12.0. The molecule has 0 unspecified atom stereocenters. The zero-order valence-electron chi connectivity index (χ0n) is 21.4. The molecule has 0 radical (unpaired) electrons. The second-order valence-electron chi connectivity index (χ2n) is 10.4. The predicted octanol–water partition coefficient (Wildman–Crippen LogP) is 4.46. The molecule has 0 aliphatic carbocycles. The fourth-order valence-electron chi connectivity index (χ4n) is 3.43. The minimum Gasteiger partial charge on any atom is -0.397 e. The number of nitrogens with one attached hydrogen (secondary N) is 3. The van der Waals surface area contributed by atoms with E-state index < -0.39 is 5.54 Å². The van der Waals surface area contributed by atoms with Gasteiger partial charge in [0.05, 0.1) is 34.4 Å². The van der Waals surface area contributed by atoms with Crippen molar-refractivity contribution in [1.82, 2.24) is 20.6 Å². The molecular weight excluding hydrogens is 460 g/mol. The highest BCUT2D eigenvalue weighted by atomic mass is 32.2. The molecule has 8 nitrogen and oxygen atoms in total. The normalized spacial score (nSPS) is 12.0. The number of nitrogens with zero attached hydrogens (tertiary/aromatic N) is 2. The van der Waals surface area contributed by atoms with Crippen LogP contribution in [0.15, 0.2) is 41.6 Å². The third-order valence-corrected chi connectivity index (χ3v) is 5.55. The number of nitrogens with two attached hydrogens (primary N) is 1. The lowest BCUT2D eigenvalue weighted by molar-refractivity contribution is -0.115. The van der Waals surface area contributed by atoms with Crippen LogP contribution in [0.4, 0.5) is 11.4 Å². The highest BCUT2D eigenvalue weighted by molar-refractivity contribution is 7.98. The van der Waals surface area contributed by atoms with Crippen molar-refractivity contribution in [2.75, 3.05) is 23.9 Å². The fraction of sp³-hybridized carbons (Fsp3) is 0.385. The molecule has 0 aliphatic rings. The number of rotatable bonds is 6. The summed E-state index contributed by atoms with van der Waals surface area (Å²) in [5.74, 6) is -0.403. The average molecular weight is 495 g/mol. The maximum absolute atomic E-state index is 12.9. The number of carbonyl (C=O) groups excluding carboxylic acids is 2. The number of hydrogen-bond donors (Lipinski definition) is 4. The molecule has 35 heavy (non-hydrogen) atoms. The van der Waals surface area contributed by atoms with E-state index in [1.54, 1.807) is 12.1 Å². The van der Waals surface area contributed by atoms with Gasteiger partial charge in [0.2, 0.25) is 5.91 Å². The van der Waals surface area contributed by atoms with E-state index in [1.165, 1.54) is 11.8 Å².